The van der Waals surface area contributed by atoms with Crippen LogP contribution in [0.25, 0.3) is 10.4 Å². The first-order valence-corrected chi connectivity index (χ1v) is 6.99. The zero-order valence-electron chi connectivity index (χ0n) is 10.9. The molecule has 0 saturated carbocycles. The summed E-state index contributed by atoms with van der Waals surface area (Å²) < 4.78 is 0. The lowest BCUT2D eigenvalue weighted by Gasteiger charge is -2.13. The highest BCUT2D eigenvalue weighted by molar-refractivity contribution is 7.15. The van der Waals surface area contributed by atoms with Gasteiger partial charge in [0.15, 0.2) is 5.69 Å². The molecule has 0 aliphatic carbocycles. The summed E-state index contributed by atoms with van der Waals surface area (Å²) in [4.78, 5) is 16.2. The number of rotatable bonds is 2. The van der Waals surface area contributed by atoms with E-state index in [4.69, 9.17) is 11.6 Å². The van der Waals surface area contributed by atoms with Gasteiger partial charge in [-0.3, -0.25) is 0 Å². The maximum atomic E-state index is 11.3. The molecule has 0 amide bonds. The quantitative estimate of drug-likeness (QED) is 0.890. The molecular weight excluding hydrogens is 282 g/mol. The summed E-state index contributed by atoms with van der Waals surface area (Å²) in [7, 11) is 0. The summed E-state index contributed by atoms with van der Waals surface area (Å²) in [6.45, 7) is 6.04. The number of halogens is 1. The summed E-state index contributed by atoms with van der Waals surface area (Å²) in [6.07, 6.45) is 0. The van der Waals surface area contributed by atoms with Gasteiger partial charge in [-0.2, -0.15) is 0 Å². The fourth-order valence-corrected chi connectivity index (χ4v) is 2.91. The Morgan fingerprint density at radius 1 is 1.37 bits per heavy atom. The van der Waals surface area contributed by atoms with Crippen LogP contribution in [0, 0.1) is 0 Å². The first kappa shape index (κ1) is 14.0. The minimum absolute atomic E-state index is 0.0946. The van der Waals surface area contributed by atoms with Gasteiger partial charge in [0.2, 0.25) is 0 Å². The van der Waals surface area contributed by atoms with Crippen molar-refractivity contribution in [2.45, 2.75) is 26.2 Å². The van der Waals surface area contributed by atoms with E-state index in [2.05, 4.69) is 4.98 Å². The Hall–Kier alpha value is -1.39. The Kier molecular flexibility index (Phi) is 3.65. The van der Waals surface area contributed by atoms with Crippen molar-refractivity contribution in [3.8, 4) is 10.4 Å². The smallest absolute Gasteiger partial charge is 0.356 e. The molecule has 0 aliphatic rings. The topological polar surface area (TPSA) is 50.2 Å². The highest BCUT2D eigenvalue weighted by Crippen LogP contribution is 2.36. The minimum atomic E-state index is -1.01. The molecule has 0 aliphatic heterocycles. The van der Waals surface area contributed by atoms with Crippen molar-refractivity contribution >= 4 is 28.9 Å². The van der Waals surface area contributed by atoms with Crippen LogP contribution < -0.4 is 0 Å². The zero-order chi connectivity index (χ0) is 14.2. The van der Waals surface area contributed by atoms with E-state index < -0.39 is 5.97 Å². The second-order valence-corrected chi connectivity index (χ2v) is 6.70. The molecule has 1 heterocycles. The van der Waals surface area contributed by atoms with Crippen LogP contribution >= 0.6 is 22.9 Å². The molecule has 100 valence electrons. The standard InChI is InChI=1S/C14H14ClNO2S/c1-14(2,3)13-16-10(12(17)18)11(19-13)8-5-4-6-9(15)7-8/h4-7H,1-3H3,(H,17,18). The molecule has 0 saturated heterocycles. The van der Waals surface area contributed by atoms with Gasteiger partial charge in [0.05, 0.1) is 9.88 Å². The number of carboxylic acid groups (broad SMARTS) is 1. The SMILES string of the molecule is CC(C)(C)c1nc(C(=O)O)c(-c2cccc(Cl)c2)s1. The molecule has 1 aromatic heterocycles. The van der Waals surface area contributed by atoms with Gasteiger partial charge >= 0.3 is 5.97 Å². The number of aromatic carboxylic acids is 1. The number of benzene rings is 1. The lowest BCUT2D eigenvalue weighted by Crippen LogP contribution is -2.11. The van der Waals surface area contributed by atoms with Crippen LogP contribution in [-0.4, -0.2) is 16.1 Å². The van der Waals surface area contributed by atoms with Gasteiger partial charge in [-0.15, -0.1) is 11.3 Å². The van der Waals surface area contributed by atoms with Crippen LogP contribution in [0.15, 0.2) is 24.3 Å². The van der Waals surface area contributed by atoms with Crippen molar-refractivity contribution in [1.29, 1.82) is 0 Å². The van der Waals surface area contributed by atoms with Crippen molar-refractivity contribution < 1.29 is 9.90 Å². The number of carbonyl (C=O) groups is 1. The molecule has 1 N–H and O–H groups in total. The van der Waals surface area contributed by atoms with Crippen molar-refractivity contribution in [3.05, 3.63) is 40.0 Å². The predicted octanol–water partition coefficient (Wildman–Crippen LogP) is 4.46. The largest absolute Gasteiger partial charge is 0.476 e. The van der Waals surface area contributed by atoms with Crippen molar-refractivity contribution in [2.24, 2.45) is 0 Å². The van der Waals surface area contributed by atoms with E-state index in [-0.39, 0.29) is 11.1 Å². The molecule has 0 bridgehead atoms. The van der Waals surface area contributed by atoms with Crippen molar-refractivity contribution in [1.82, 2.24) is 4.98 Å². The second-order valence-electron chi connectivity index (χ2n) is 5.26. The van der Waals surface area contributed by atoms with Gasteiger partial charge in [-0.25, -0.2) is 9.78 Å². The van der Waals surface area contributed by atoms with E-state index in [1.807, 2.05) is 26.8 Å². The van der Waals surface area contributed by atoms with E-state index in [1.165, 1.54) is 11.3 Å². The van der Waals surface area contributed by atoms with E-state index in [0.29, 0.717) is 9.90 Å². The highest BCUT2D eigenvalue weighted by atomic mass is 35.5. The van der Waals surface area contributed by atoms with Gasteiger partial charge < -0.3 is 5.11 Å². The number of nitrogens with zero attached hydrogens (tertiary/aromatic N) is 1. The van der Waals surface area contributed by atoms with Gasteiger partial charge in [0, 0.05) is 10.4 Å². The molecule has 19 heavy (non-hydrogen) atoms. The zero-order valence-corrected chi connectivity index (χ0v) is 12.5. The fraction of sp³-hybridized carbons (Fsp3) is 0.286. The highest BCUT2D eigenvalue weighted by Gasteiger charge is 2.25. The molecule has 2 aromatic rings. The lowest BCUT2D eigenvalue weighted by atomic mass is 9.98. The molecule has 1 aromatic carbocycles. The molecule has 0 fully saturated rings. The minimum Gasteiger partial charge on any atom is -0.476 e. The maximum Gasteiger partial charge on any atom is 0.356 e. The number of hydrogen-bond acceptors (Lipinski definition) is 3. The van der Waals surface area contributed by atoms with Gasteiger partial charge in [-0.05, 0) is 17.7 Å². The Morgan fingerprint density at radius 3 is 2.58 bits per heavy atom. The fourth-order valence-electron chi connectivity index (χ4n) is 1.61. The third-order valence-corrected chi connectivity index (χ3v) is 4.32. The number of thiazole rings is 1. The third kappa shape index (κ3) is 2.96. The van der Waals surface area contributed by atoms with Crippen LogP contribution in [0.4, 0.5) is 0 Å². The van der Waals surface area contributed by atoms with Gasteiger partial charge in [0.25, 0.3) is 0 Å². The second kappa shape index (κ2) is 4.94. The Bertz CT molecular complexity index is 629. The third-order valence-electron chi connectivity index (χ3n) is 2.56. The number of carboxylic acids is 1. The normalized spacial score (nSPS) is 11.6. The van der Waals surface area contributed by atoms with Gasteiger partial charge in [-0.1, -0.05) is 44.5 Å². The predicted molar refractivity (Wildman–Crippen MR) is 78.2 cm³/mol. The average molecular weight is 296 g/mol. The first-order chi connectivity index (χ1) is 8.79. The maximum absolute atomic E-state index is 11.3. The Morgan fingerprint density at radius 2 is 2.05 bits per heavy atom. The van der Waals surface area contributed by atoms with Crippen LogP contribution in [0.2, 0.25) is 5.02 Å². The monoisotopic (exact) mass is 295 g/mol. The van der Waals surface area contributed by atoms with Crippen LogP contribution in [0.1, 0.15) is 36.3 Å². The van der Waals surface area contributed by atoms with Crippen molar-refractivity contribution in [2.75, 3.05) is 0 Å². The molecule has 0 spiro atoms. The average Bonchev–Trinajstić information content (AvgIpc) is 2.73. The summed E-state index contributed by atoms with van der Waals surface area (Å²) in [5.74, 6) is -1.01. The van der Waals surface area contributed by atoms with Crippen LogP contribution in [0.3, 0.4) is 0 Å². The number of aromatic nitrogens is 1. The Balaban J connectivity index is 2.62. The molecule has 0 unspecified atom stereocenters. The van der Waals surface area contributed by atoms with E-state index >= 15 is 0 Å². The number of hydrogen-bond donors (Lipinski definition) is 1. The summed E-state index contributed by atoms with van der Waals surface area (Å²) in [6, 6.07) is 7.17. The molecular formula is C14H14ClNO2S. The van der Waals surface area contributed by atoms with E-state index in [9.17, 15) is 9.90 Å². The molecule has 3 nitrogen and oxygen atoms in total. The summed E-state index contributed by atoms with van der Waals surface area (Å²) in [5.41, 5.74) is 0.709. The molecule has 0 radical (unpaired) electrons. The lowest BCUT2D eigenvalue weighted by molar-refractivity contribution is 0.0692. The van der Waals surface area contributed by atoms with Crippen LogP contribution in [0.5, 0.6) is 0 Å². The van der Waals surface area contributed by atoms with Crippen molar-refractivity contribution in [3.63, 3.8) is 0 Å². The van der Waals surface area contributed by atoms with Gasteiger partial charge in [0.1, 0.15) is 0 Å². The summed E-state index contributed by atoms with van der Waals surface area (Å²) >= 11 is 7.37. The molecule has 5 heteroatoms. The molecule has 0 atom stereocenters. The molecule has 2 rings (SSSR count). The van der Waals surface area contributed by atoms with Crippen LogP contribution in [-0.2, 0) is 5.41 Å². The Labute approximate surface area is 120 Å². The first-order valence-electron chi connectivity index (χ1n) is 5.79. The van der Waals surface area contributed by atoms with E-state index in [1.54, 1.807) is 18.2 Å². The van der Waals surface area contributed by atoms with E-state index in [0.717, 1.165) is 10.6 Å². The summed E-state index contributed by atoms with van der Waals surface area (Å²) in [5, 5.41) is 10.7.